The number of hydrogen-bond donors (Lipinski definition) is 2. The van der Waals surface area contributed by atoms with Crippen LogP contribution in [0.3, 0.4) is 0 Å². The minimum Gasteiger partial charge on any atom is -0.507 e. The van der Waals surface area contributed by atoms with Crippen molar-refractivity contribution in [2.75, 3.05) is 20.6 Å². The Kier molecular flexibility index (Phi) is 4.09. The van der Waals surface area contributed by atoms with E-state index in [1.54, 1.807) is 33.2 Å². The van der Waals surface area contributed by atoms with Gasteiger partial charge in [0.25, 0.3) is 5.91 Å². The van der Waals surface area contributed by atoms with Crippen LogP contribution in [0.5, 0.6) is 5.75 Å². The van der Waals surface area contributed by atoms with Gasteiger partial charge in [0.05, 0.1) is 12.1 Å². The molecule has 92 valence electrons. The van der Waals surface area contributed by atoms with Crippen molar-refractivity contribution in [2.24, 2.45) is 0 Å². The fourth-order valence-corrected chi connectivity index (χ4v) is 1.25. The highest BCUT2D eigenvalue weighted by Gasteiger charge is 2.13. The number of phenolic OH excluding ortho intramolecular Hbond substituents is 1. The molecule has 0 aliphatic heterocycles. The van der Waals surface area contributed by atoms with Gasteiger partial charge in [-0.05, 0) is 18.6 Å². The number of aromatic hydroxyl groups is 1. The van der Waals surface area contributed by atoms with Gasteiger partial charge in [0, 0.05) is 14.1 Å². The van der Waals surface area contributed by atoms with Crippen molar-refractivity contribution in [3.05, 3.63) is 29.3 Å². The number of para-hydroxylation sites is 1. The molecular weight excluding hydrogens is 220 g/mol. The van der Waals surface area contributed by atoms with Crippen LogP contribution in [0.1, 0.15) is 15.9 Å². The molecule has 0 unspecified atom stereocenters. The smallest absolute Gasteiger partial charge is 0.255 e. The standard InChI is InChI=1S/C12H16N2O3/c1-8-5-4-6-9(11(8)16)12(17)13-7-10(15)14(2)3/h4-6,16H,7H2,1-3H3,(H,13,17). The van der Waals surface area contributed by atoms with E-state index in [1.165, 1.54) is 11.0 Å². The SMILES string of the molecule is Cc1cccc(C(=O)NCC(=O)N(C)C)c1O. The number of nitrogens with one attached hydrogen (secondary N) is 1. The molecule has 0 spiro atoms. The van der Waals surface area contributed by atoms with Crippen molar-refractivity contribution in [1.29, 1.82) is 0 Å². The van der Waals surface area contributed by atoms with Crippen LogP contribution >= 0.6 is 0 Å². The fourth-order valence-electron chi connectivity index (χ4n) is 1.25. The molecule has 0 aromatic heterocycles. The zero-order valence-electron chi connectivity index (χ0n) is 10.2. The summed E-state index contributed by atoms with van der Waals surface area (Å²) in [5.41, 5.74) is 0.799. The molecule has 0 saturated carbocycles. The van der Waals surface area contributed by atoms with Crippen molar-refractivity contribution in [2.45, 2.75) is 6.92 Å². The van der Waals surface area contributed by atoms with Gasteiger partial charge in [0.1, 0.15) is 5.75 Å². The number of aryl methyl sites for hydroxylation is 1. The predicted molar refractivity (Wildman–Crippen MR) is 63.9 cm³/mol. The van der Waals surface area contributed by atoms with E-state index >= 15 is 0 Å². The molecule has 0 radical (unpaired) electrons. The van der Waals surface area contributed by atoms with Gasteiger partial charge < -0.3 is 15.3 Å². The maximum atomic E-state index is 11.7. The number of carbonyl (C=O) groups is 2. The average Bonchev–Trinajstić information content (AvgIpc) is 2.29. The Morgan fingerprint density at radius 2 is 2.00 bits per heavy atom. The summed E-state index contributed by atoms with van der Waals surface area (Å²) in [4.78, 5) is 24.4. The van der Waals surface area contributed by atoms with Crippen molar-refractivity contribution < 1.29 is 14.7 Å². The second-order valence-electron chi connectivity index (χ2n) is 3.94. The van der Waals surface area contributed by atoms with Crippen LogP contribution < -0.4 is 5.32 Å². The van der Waals surface area contributed by atoms with E-state index in [0.717, 1.165) is 0 Å². The monoisotopic (exact) mass is 236 g/mol. The molecule has 1 rings (SSSR count). The molecule has 1 aromatic rings. The van der Waals surface area contributed by atoms with Gasteiger partial charge in [-0.1, -0.05) is 12.1 Å². The van der Waals surface area contributed by atoms with Crippen molar-refractivity contribution in [1.82, 2.24) is 10.2 Å². The first-order valence-electron chi connectivity index (χ1n) is 5.20. The third-order valence-corrected chi connectivity index (χ3v) is 2.38. The van der Waals surface area contributed by atoms with Gasteiger partial charge in [0.2, 0.25) is 5.91 Å². The van der Waals surface area contributed by atoms with Gasteiger partial charge in [-0.2, -0.15) is 0 Å². The minimum atomic E-state index is -0.457. The first kappa shape index (κ1) is 13.0. The van der Waals surface area contributed by atoms with Crippen molar-refractivity contribution >= 4 is 11.8 Å². The highest BCUT2D eigenvalue weighted by atomic mass is 16.3. The molecule has 2 amide bonds. The number of benzene rings is 1. The summed E-state index contributed by atoms with van der Waals surface area (Å²) in [5, 5.41) is 12.1. The van der Waals surface area contributed by atoms with Crippen molar-refractivity contribution in [3.63, 3.8) is 0 Å². The topological polar surface area (TPSA) is 69.6 Å². The molecule has 1 aromatic carbocycles. The lowest BCUT2D eigenvalue weighted by Crippen LogP contribution is -2.36. The first-order chi connectivity index (χ1) is 7.93. The molecule has 5 nitrogen and oxygen atoms in total. The van der Waals surface area contributed by atoms with Crippen LogP contribution in [-0.4, -0.2) is 42.5 Å². The summed E-state index contributed by atoms with van der Waals surface area (Å²) in [6.07, 6.45) is 0. The van der Waals surface area contributed by atoms with E-state index in [2.05, 4.69) is 5.32 Å². The zero-order valence-corrected chi connectivity index (χ0v) is 10.2. The molecular formula is C12H16N2O3. The zero-order chi connectivity index (χ0) is 13.0. The number of likely N-dealkylation sites (N-methyl/N-ethyl adjacent to an activating group) is 1. The molecule has 0 fully saturated rings. The third kappa shape index (κ3) is 3.21. The molecule has 0 heterocycles. The molecule has 0 atom stereocenters. The Morgan fingerprint density at radius 1 is 1.35 bits per heavy atom. The highest BCUT2D eigenvalue weighted by Crippen LogP contribution is 2.20. The third-order valence-electron chi connectivity index (χ3n) is 2.38. The number of phenols is 1. The van der Waals surface area contributed by atoms with Gasteiger partial charge in [-0.15, -0.1) is 0 Å². The van der Waals surface area contributed by atoms with E-state index in [0.29, 0.717) is 5.56 Å². The summed E-state index contributed by atoms with van der Waals surface area (Å²) in [5.74, 6) is -0.714. The van der Waals surface area contributed by atoms with E-state index in [-0.39, 0.29) is 23.8 Å². The maximum absolute atomic E-state index is 11.7. The van der Waals surface area contributed by atoms with Crippen LogP contribution in [0, 0.1) is 6.92 Å². The second-order valence-corrected chi connectivity index (χ2v) is 3.94. The van der Waals surface area contributed by atoms with E-state index in [1.807, 2.05) is 0 Å². The van der Waals surface area contributed by atoms with Gasteiger partial charge >= 0.3 is 0 Å². The van der Waals surface area contributed by atoms with Crippen LogP contribution in [0.25, 0.3) is 0 Å². The normalized spacial score (nSPS) is 9.82. The molecule has 0 aliphatic carbocycles. The Morgan fingerprint density at radius 3 is 2.59 bits per heavy atom. The predicted octanol–water partition coefficient (Wildman–Crippen LogP) is 0.519. The Balaban J connectivity index is 2.71. The Bertz CT molecular complexity index is 441. The largest absolute Gasteiger partial charge is 0.507 e. The number of nitrogens with zero attached hydrogens (tertiary/aromatic N) is 1. The van der Waals surface area contributed by atoms with Gasteiger partial charge in [-0.25, -0.2) is 0 Å². The summed E-state index contributed by atoms with van der Waals surface area (Å²) in [7, 11) is 3.22. The van der Waals surface area contributed by atoms with Crippen LogP contribution in [0.2, 0.25) is 0 Å². The number of carbonyl (C=O) groups excluding carboxylic acids is 2. The first-order valence-corrected chi connectivity index (χ1v) is 5.20. The molecule has 0 saturated heterocycles. The number of hydrogen-bond acceptors (Lipinski definition) is 3. The van der Waals surface area contributed by atoms with Gasteiger partial charge in [0.15, 0.2) is 0 Å². The molecule has 0 aliphatic rings. The number of amides is 2. The Labute approximate surface area is 100 Å². The van der Waals surface area contributed by atoms with Gasteiger partial charge in [-0.3, -0.25) is 9.59 Å². The molecule has 2 N–H and O–H groups in total. The fraction of sp³-hybridized carbons (Fsp3) is 0.333. The van der Waals surface area contributed by atoms with E-state index in [9.17, 15) is 14.7 Å². The van der Waals surface area contributed by atoms with E-state index in [4.69, 9.17) is 0 Å². The summed E-state index contributed by atoms with van der Waals surface area (Å²) in [6, 6.07) is 4.90. The van der Waals surface area contributed by atoms with Crippen LogP contribution in [-0.2, 0) is 4.79 Å². The maximum Gasteiger partial charge on any atom is 0.255 e. The highest BCUT2D eigenvalue weighted by molar-refractivity contribution is 5.98. The van der Waals surface area contributed by atoms with Crippen molar-refractivity contribution in [3.8, 4) is 5.75 Å². The molecule has 5 heteroatoms. The minimum absolute atomic E-state index is 0.0534. The summed E-state index contributed by atoms with van der Waals surface area (Å²) < 4.78 is 0. The number of rotatable bonds is 3. The molecule has 17 heavy (non-hydrogen) atoms. The lowest BCUT2D eigenvalue weighted by molar-refractivity contribution is -0.127. The van der Waals surface area contributed by atoms with Crippen LogP contribution in [0.4, 0.5) is 0 Å². The molecule has 0 bridgehead atoms. The lowest BCUT2D eigenvalue weighted by Gasteiger charge is -2.11. The summed E-state index contributed by atoms with van der Waals surface area (Å²) in [6.45, 7) is 1.62. The second kappa shape index (κ2) is 5.34. The Hall–Kier alpha value is -2.04. The average molecular weight is 236 g/mol. The van der Waals surface area contributed by atoms with E-state index < -0.39 is 5.91 Å². The summed E-state index contributed by atoms with van der Waals surface area (Å²) >= 11 is 0. The van der Waals surface area contributed by atoms with Crippen LogP contribution in [0.15, 0.2) is 18.2 Å². The lowest BCUT2D eigenvalue weighted by atomic mass is 10.1. The quantitative estimate of drug-likeness (QED) is 0.803.